The highest BCUT2D eigenvalue weighted by Gasteiger charge is 2.37. The van der Waals surface area contributed by atoms with Crippen molar-refractivity contribution in [3.05, 3.63) is 46.3 Å². The van der Waals surface area contributed by atoms with Gasteiger partial charge in [-0.15, -0.1) is 0 Å². The molecule has 3 aromatic rings. The summed E-state index contributed by atoms with van der Waals surface area (Å²) in [5, 5.41) is 5.79. The van der Waals surface area contributed by atoms with Gasteiger partial charge in [0, 0.05) is 11.4 Å². The highest BCUT2D eigenvalue weighted by molar-refractivity contribution is 9.10. The second-order valence-electron chi connectivity index (χ2n) is 6.23. The summed E-state index contributed by atoms with van der Waals surface area (Å²) in [7, 11) is -3.68. The second kappa shape index (κ2) is 6.41. The molecule has 2 heterocycles. The molecule has 0 spiro atoms. The fourth-order valence-electron chi connectivity index (χ4n) is 2.60. The van der Waals surface area contributed by atoms with E-state index in [9.17, 15) is 12.8 Å². The number of aryl methyl sites for hydroxylation is 1. The lowest BCUT2D eigenvalue weighted by molar-refractivity contribution is -0.522. The third kappa shape index (κ3) is 3.36. The SMILES string of the molecule is Cc1noc2c(F)c(Nc3ccc(Br)cc3F)c(NS(=O)(=O)C3CC3)c[n+]12. The summed E-state index contributed by atoms with van der Waals surface area (Å²) in [6, 6.07) is 4.18. The van der Waals surface area contributed by atoms with E-state index in [2.05, 4.69) is 31.1 Å². The number of aromatic nitrogens is 2. The number of hydrogen-bond acceptors (Lipinski definition) is 5. The molecule has 0 unspecified atom stereocenters. The maximum Gasteiger partial charge on any atom is 0.384 e. The number of halogens is 3. The molecule has 2 aromatic heterocycles. The zero-order valence-corrected chi connectivity index (χ0v) is 16.4. The molecule has 27 heavy (non-hydrogen) atoms. The van der Waals surface area contributed by atoms with E-state index in [4.69, 9.17) is 4.52 Å². The molecule has 1 aromatic carbocycles. The van der Waals surface area contributed by atoms with E-state index in [0.29, 0.717) is 23.1 Å². The Kier molecular flexibility index (Phi) is 4.30. The molecule has 0 amide bonds. The fourth-order valence-corrected chi connectivity index (χ4v) is 4.32. The van der Waals surface area contributed by atoms with Gasteiger partial charge in [-0.1, -0.05) is 15.9 Å². The van der Waals surface area contributed by atoms with Gasteiger partial charge in [0.25, 0.3) is 0 Å². The van der Waals surface area contributed by atoms with Gasteiger partial charge in [-0.05, 0) is 31.0 Å². The van der Waals surface area contributed by atoms with Crippen molar-refractivity contribution in [3.63, 3.8) is 0 Å². The van der Waals surface area contributed by atoms with E-state index >= 15 is 4.39 Å². The maximum absolute atomic E-state index is 15.0. The van der Waals surface area contributed by atoms with Crippen LogP contribution < -0.4 is 14.4 Å². The van der Waals surface area contributed by atoms with Gasteiger partial charge < -0.3 is 5.32 Å². The van der Waals surface area contributed by atoms with Crippen LogP contribution in [0.5, 0.6) is 0 Å². The number of fused-ring (bicyclic) bond motifs is 1. The van der Waals surface area contributed by atoms with Gasteiger partial charge >= 0.3 is 11.5 Å². The molecular formula is C16H14BrF2N4O3S+. The van der Waals surface area contributed by atoms with Crippen molar-refractivity contribution in [2.45, 2.75) is 25.0 Å². The molecule has 0 atom stereocenters. The summed E-state index contributed by atoms with van der Waals surface area (Å²) in [5.41, 5.74) is -0.562. The first kappa shape index (κ1) is 18.1. The van der Waals surface area contributed by atoms with Crippen LogP contribution in [0.25, 0.3) is 5.71 Å². The van der Waals surface area contributed by atoms with Gasteiger partial charge in [-0.3, -0.25) is 4.72 Å². The number of rotatable bonds is 5. The number of hydrogen-bond donors (Lipinski definition) is 2. The van der Waals surface area contributed by atoms with E-state index in [-0.39, 0.29) is 22.8 Å². The van der Waals surface area contributed by atoms with Gasteiger partial charge in [0.05, 0.1) is 10.9 Å². The van der Waals surface area contributed by atoms with Gasteiger partial charge in [-0.2, -0.15) is 8.79 Å². The average Bonchev–Trinajstić information content (AvgIpc) is 3.39. The predicted molar refractivity (Wildman–Crippen MR) is 97.3 cm³/mol. The Morgan fingerprint density at radius 1 is 1.30 bits per heavy atom. The smallest absolute Gasteiger partial charge is 0.349 e. The summed E-state index contributed by atoms with van der Waals surface area (Å²) >= 11 is 3.15. The first-order valence-corrected chi connectivity index (χ1v) is 10.3. The first-order chi connectivity index (χ1) is 12.8. The molecule has 0 bridgehead atoms. The topological polar surface area (TPSA) is 88.3 Å². The molecule has 7 nitrogen and oxygen atoms in total. The third-order valence-corrected chi connectivity index (χ3v) is 6.52. The van der Waals surface area contributed by atoms with Crippen molar-refractivity contribution in [1.82, 2.24) is 5.16 Å². The number of pyridine rings is 1. The summed E-state index contributed by atoms with van der Waals surface area (Å²) < 4.78 is 63.1. The van der Waals surface area contributed by atoms with Crippen LogP contribution in [-0.4, -0.2) is 18.8 Å². The Morgan fingerprint density at radius 2 is 2.04 bits per heavy atom. The van der Waals surface area contributed by atoms with Crippen LogP contribution in [-0.2, 0) is 10.0 Å². The normalized spacial score (nSPS) is 14.5. The monoisotopic (exact) mass is 459 g/mol. The van der Waals surface area contributed by atoms with Gasteiger partial charge in [0.1, 0.15) is 23.4 Å². The molecule has 0 saturated heterocycles. The zero-order valence-electron chi connectivity index (χ0n) is 14.0. The lowest BCUT2D eigenvalue weighted by Gasteiger charge is -2.14. The molecule has 1 saturated carbocycles. The molecule has 11 heteroatoms. The van der Waals surface area contributed by atoms with E-state index in [1.54, 1.807) is 13.0 Å². The third-order valence-electron chi connectivity index (χ3n) is 4.17. The highest BCUT2D eigenvalue weighted by atomic mass is 79.9. The van der Waals surface area contributed by atoms with Crippen molar-refractivity contribution in [1.29, 1.82) is 0 Å². The van der Waals surface area contributed by atoms with Gasteiger partial charge in [0.15, 0.2) is 5.16 Å². The van der Waals surface area contributed by atoms with E-state index < -0.39 is 26.9 Å². The highest BCUT2D eigenvalue weighted by Crippen LogP contribution is 2.35. The maximum atomic E-state index is 15.0. The summed E-state index contributed by atoms with van der Waals surface area (Å²) in [4.78, 5) is 0. The molecular weight excluding hydrogens is 446 g/mol. The Hall–Kier alpha value is -2.27. The zero-order chi connectivity index (χ0) is 19.3. The molecule has 1 aliphatic carbocycles. The Labute approximate surface area is 161 Å². The molecule has 0 aliphatic heterocycles. The quantitative estimate of drug-likeness (QED) is 0.570. The summed E-state index contributed by atoms with van der Waals surface area (Å²) in [5.74, 6) is -1.20. The average molecular weight is 460 g/mol. The summed E-state index contributed by atoms with van der Waals surface area (Å²) in [6.45, 7) is 1.58. The first-order valence-electron chi connectivity index (χ1n) is 8.00. The molecule has 142 valence electrons. The largest absolute Gasteiger partial charge is 0.384 e. The molecule has 1 fully saturated rings. The minimum atomic E-state index is -3.68. The Morgan fingerprint density at radius 3 is 2.70 bits per heavy atom. The van der Waals surface area contributed by atoms with E-state index in [0.717, 1.165) is 0 Å². The van der Waals surface area contributed by atoms with Crippen LogP contribution >= 0.6 is 15.9 Å². The molecule has 0 radical (unpaired) electrons. The number of anilines is 3. The number of sulfonamides is 1. The van der Waals surface area contributed by atoms with Crippen molar-refractivity contribution >= 4 is 48.7 Å². The van der Waals surface area contributed by atoms with Crippen molar-refractivity contribution in [2.75, 3.05) is 10.0 Å². The molecule has 4 rings (SSSR count). The standard InChI is InChI=1S/C16H13BrF2N4O3S/c1-8-21-26-16-14(19)15(20-12-5-2-9(17)6-11(12)18)13(7-23(8)16)22-27(24,25)10-3-4-10/h2,5-7,10,22H,3-4H2,1H3/p+1. The Balaban J connectivity index is 1.85. The second-order valence-corrected chi connectivity index (χ2v) is 9.11. The lowest BCUT2D eigenvalue weighted by atomic mass is 10.2. The van der Waals surface area contributed by atoms with E-state index in [1.165, 1.54) is 22.7 Å². The minimum absolute atomic E-state index is 0.0236. The van der Waals surface area contributed by atoms with Crippen molar-refractivity contribution in [2.24, 2.45) is 0 Å². The van der Waals surface area contributed by atoms with Crippen LogP contribution in [0.2, 0.25) is 0 Å². The fraction of sp³-hybridized carbons (Fsp3) is 0.250. The predicted octanol–water partition coefficient (Wildman–Crippen LogP) is 3.41. The van der Waals surface area contributed by atoms with Crippen LogP contribution in [0.15, 0.2) is 33.4 Å². The minimum Gasteiger partial charge on any atom is -0.349 e. The summed E-state index contributed by atoms with van der Waals surface area (Å²) in [6.07, 6.45) is 2.44. The number of benzene rings is 1. The lowest BCUT2D eigenvalue weighted by Crippen LogP contribution is -2.27. The molecule has 1 aliphatic rings. The van der Waals surface area contributed by atoms with Crippen molar-refractivity contribution in [3.8, 4) is 0 Å². The van der Waals surface area contributed by atoms with Crippen LogP contribution in [0.4, 0.5) is 25.8 Å². The van der Waals surface area contributed by atoms with Crippen molar-refractivity contribution < 1.29 is 26.1 Å². The van der Waals surface area contributed by atoms with Crippen LogP contribution in [0, 0.1) is 18.6 Å². The van der Waals surface area contributed by atoms with Gasteiger partial charge in [0.2, 0.25) is 15.8 Å². The number of nitrogens with zero attached hydrogens (tertiary/aromatic N) is 2. The van der Waals surface area contributed by atoms with Gasteiger partial charge in [-0.25, -0.2) is 17.3 Å². The van der Waals surface area contributed by atoms with E-state index in [1.807, 2.05) is 0 Å². The van der Waals surface area contributed by atoms with Crippen LogP contribution in [0.1, 0.15) is 18.7 Å². The number of nitrogens with one attached hydrogen (secondary N) is 2. The molecule has 2 N–H and O–H groups in total. The van der Waals surface area contributed by atoms with Crippen LogP contribution in [0.3, 0.4) is 0 Å². The Bertz CT molecular complexity index is 1160.